The van der Waals surface area contributed by atoms with Gasteiger partial charge in [-0.25, -0.2) is 4.79 Å². The molecule has 0 aromatic heterocycles. The third kappa shape index (κ3) is 3.83. The van der Waals surface area contributed by atoms with E-state index in [9.17, 15) is 4.79 Å². The molecule has 0 saturated carbocycles. The van der Waals surface area contributed by atoms with Crippen LogP contribution in [0.15, 0.2) is 72.5 Å². The van der Waals surface area contributed by atoms with E-state index in [2.05, 4.69) is 12.1 Å². The van der Waals surface area contributed by atoms with Crippen molar-refractivity contribution in [1.82, 2.24) is 0 Å². The minimum Gasteiger partial charge on any atom is -0.425 e. The molecule has 0 radical (unpaired) electrons. The van der Waals surface area contributed by atoms with Crippen LogP contribution in [0.3, 0.4) is 0 Å². The normalized spacial score (nSPS) is 17.1. The van der Waals surface area contributed by atoms with Gasteiger partial charge >= 0.3 is 5.97 Å². The first-order valence-corrected chi connectivity index (χ1v) is 7.45. The molecule has 1 aliphatic rings. The molecule has 2 aromatic carbocycles. The van der Waals surface area contributed by atoms with E-state index in [0.29, 0.717) is 17.9 Å². The van der Waals surface area contributed by atoms with Gasteiger partial charge in [-0.2, -0.15) is 0 Å². The van der Waals surface area contributed by atoms with E-state index in [1.54, 1.807) is 12.1 Å². The zero-order valence-electron chi connectivity index (χ0n) is 12.3. The largest absolute Gasteiger partial charge is 0.425 e. The third-order valence-electron chi connectivity index (χ3n) is 3.61. The second-order valence-electron chi connectivity index (χ2n) is 5.26. The Morgan fingerprint density at radius 1 is 1.05 bits per heavy atom. The lowest BCUT2D eigenvalue weighted by atomic mass is 10.1. The van der Waals surface area contributed by atoms with Crippen LogP contribution in [-0.4, -0.2) is 18.7 Å². The Labute approximate surface area is 130 Å². The summed E-state index contributed by atoms with van der Waals surface area (Å²) in [7, 11) is 0. The highest BCUT2D eigenvalue weighted by atomic mass is 16.6. The molecule has 0 fully saturated rings. The van der Waals surface area contributed by atoms with Gasteiger partial charge in [-0.1, -0.05) is 48.5 Å². The molecular weight excluding hydrogens is 276 g/mol. The van der Waals surface area contributed by atoms with E-state index in [1.165, 1.54) is 5.56 Å². The van der Waals surface area contributed by atoms with Crippen LogP contribution in [0, 0.1) is 0 Å². The van der Waals surface area contributed by atoms with Gasteiger partial charge in [0.05, 0.1) is 11.7 Å². The van der Waals surface area contributed by atoms with Crippen molar-refractivity contribution in [1.29, 1.82) is 0 Å². The second kappa shape index (κ2) is 7.05. The van der Waals surface area contributed by atoms with Crippen molar-refractivity contribution < 1.29 is 14.3 Å². The smallest absolute Gasteiger partial charge is 0.343 e. The van der Waals surface area contributed by atoms with Crippen LogP contribution in [0.5, 0.6) is 0 Å². The lowest BCUT2D eigenvalue weighted by Crippen LogP contribution is -2.06. The van der Waals surface area contributed by atoms with Crippen molar-refractivity contribution >= 4 is 5.97 Å². The van der Waals surface area contributed by atoms with Gasteiger partial charge in [-0.05, 0) is 36.6 Å². The van der Waals surface area contributed by atoms with Gasteiger partial charge in [0, 0.05) is 0 Å². The fourth-order valence-corrected chi connectivity index (χ4v) is 2.43. The molecule has 0 saturated heterocycles. The topological polar surface area (TPSA) is 35.5 Å². The van der Waals surface area contributed by atoms with Gasteiger partial charge in [0.1, 0.15) is 12.4 Å². The average Bonchev–Trinajstić information content (AvgIpc) is 3.02. The Balaban J connectivity index is 1.52. The van der Waals surface area contributed by atoms with E-state index < -0.39 is 0 Å². The third-order valence-corrected chi connectivity index (χ3v) is 3.61. The number of ether oxygens (including phenoxy) is 2. The van der Waals surface area contributed by atoms with Crippen LogP contribution in [0.2, 0.25) is 0 Å². The van der Waals surface area contributed by atoms with Crippen molar-refractivity contribution in [2.24, 2.45) is 0 Å². The minimum atomic E-state index is -0.334. The van der Waals surface area contributed by atoms with Gasteiger partial charge in [0.25, 0.3) is 0 Å². The van der Waals surface area contributed by atoms with E-state index in [0.717, 1.165) is 12.8 Å². The second-order valence-corrected chi connectivity index (χ2v) is 5.26. The van der Waals surface area contributed by atoms with Crippen LogP contribution >= 0.6 is 0 Å². The predicted octanol–water partition coefficient (Wildman–Crippen LogP) is 3.76. The molecule has 1 aliphatic heterocycles. The first kappa shape index (κ1) is 14.5. The van der Waals surface area contributed by atoms with Crippen molar-refractivity contribution in [3.8, 4) is 0 Å². The Bertz CT molecular complexity index is 647. The molecule has 3 nitrogen and oxygen atoms in total. The van der Waals surface area contributed by atoms with Crippen LogP contribution < -0.4 is 0 Å². The Morgan fingerprint density at radius 3 is 2.45 bits per heavy atom. The summed E-state index contributed by atoms with van der Waals surface area (Å²) in [6.45, 7) is 0.359. The first-order chi connectivity index (χ1) is 10.8. The Hall–Kier alpha value is -2.39. The highest BCUT2D eigenvalue weighted by molar-refractivity contribution is 5.90. The molecule has 0 spiro atoms. The van der Waals surface area contributed by atoms with E-state index in [4.69, 9.17) is 9.47 Å². The van der Waals surface area contributed by atoms with Crippen LogP contribution in [-0.2, 0) is 15.9 Å². The van der Waals surface area contributed by atoms with E-state index in [1.807, 2.05) is 42.5 Å². The quantitative estimate of drug-likeness (QED) is 0.788. The predicted molar refractivity (Wildman–Crippen MR) is 84.4 cm³/mol. The summed E-state index contributed by atoms with van der Waals surface area (Å²) in [6.07, 6.45) is 3.75. The number of rotatable bonds is 5. The number of carbonyl (C=O) groups is 1. The number of aryl methyl sites for hydroxylation is 1. The fraction of sp³-hybridized carbons (Fsp3) is 0.211. The number of benzene rings is 2. The minimum absolute atomic E-state index is 0.0128. The van der Waals surface area contributed by atoms with Gasteiger partial charge in [0.2, 0.25) is 0 Å². The average molecular weight is 294 g/mol. The lowest BCUT2D eigenvalue weighted by molar-refractivity contribution is 0.0547. The molecule has 0 bridgehead atoms. The number of hydrogen-bond donors (Lipinski definition) is 0. The maximum atomic E-state index is 12.0. The summed E-state index contributed by atoms with van der Waals surface area (Å²) < 4.78 is 11.0. The summed E-state index contributed by atoms with van der Waals surface area (Å²) >= 11 is 0. The van der Waals surface area contributed by atoms with Crippen molar-refractivity contribution in [2.45, 2.75) is 18.9 Å². The van der Waals surface area contributed by atoms with Gasteiger partial charge in [-0.3, -0.25) is 0 Å². The lowest BCUT2D eigenvalue weighted by Gasteiger charge is -2.06. The van der Waals surface area contributed by atoms with Crippen LogP contribution in [0.1, 0.15) is 22.3 Å². The highest BCUT2D eigenvalue weighted by Gasteiger charge is 2.20. The van der Waals surface area contributed by atoms with Crippen LogP contribution in [0.4, 0.5) is 0 Å². The highest BCUT2D eigenvalue weighted by Crippen LogP contribution is 2.19. The molecular formula is C19H18O3. The standard InChI is InChI=1S/C19H18O3/c20-19(16-9-5-2-6-10-16)22-18-13-17(21-14-18)12-11-15-7-3-1-4-8-15/h1-10,13,17H,11-12,14H2. The molecule has 0 amide bonds. The molecule has 112 valence electrons. The van der Waals surface area contributed by atoms with Crippen molar-refractivity contribution in [3.05, 3.63) is 83.6 Å². The first-order valence-electron chi connectivity index (χ1n) is 7.45. The molecule has 0 aliphatic carbocycles. The summed E-state index contributed by atoms with van der Waals surface area (Å²) in [5.74, 6) is 0.270. The van der Waals surface area contributed by atoms with Gasteiger partial charge in [-0.15, -0.1) is 0 Å². The van der Waals surface area contributed by atoms with Crippen molar-refractivity contribution in [2.75, 3.05) is 6.61 Å². The molecule has 3 heteroatoms. The van der Waals surface area contributed by atoms with Crippen molar-refractivity contribution in [3.63, 3.8) is 0 Å². The summed E-state index contributed by atoms with van der Waals surface area (Å²) in [4.78, 5) is 12.0. The monoisotopic (exact) mass is 294 g/mol. The molecule has 2 aromatic rings. The molecule has 1 heterocycles. The van der Waals surface area contributed by atoms with Gasteiger partial charge < -0.3 is 9.47 Å². The summed E-state index contributed by atoms with van der Waals surface area (Å²) in [6, 6.07) is 19.3. The molecule has 3 rings (SSSR count). The number of carbonyl (C=O) groups excluding carboxylic acids is 1. The SMILES string of the molecule is O=C(OC1=CC(CCc2ccccc2)OC1)c1ccccc1. The van der Waals surface area contributed by atoms with Crippen LogP contribution in [0.25, 0.3) is 0 Å². The van der Waals surface area contributed by atoms with E-state index in [-0.39, 0.29) is 12.1 Å². The molecule has 1 atom stereocenters. The zero-order valence-corrected chi connectivity index (χ0v) is 12.3. The maximum Gasteiger partial charge on any atom is 0.343 e. The number of hydrogen-bond acceptors (Lipinski definition) is 3. The Kier molecular flexibility index (Phi) is 4.66. The number of esters is 1. The van der Waals surface area contributed by atoms with Gasteiger partial charge in [0.15, 0.2) is 0 Å². The maximum absolute atomic E-state index is 12.0. The fourth-order valence-electron chi connectivity index (χ4n) is 2.43. The molecule has 0 N–H and O–H groups in total. The molecule has 22 heavy (non-hydrogen) atoms. The summed E-state index contributed by atoms with van der Waals surface area (Å²) in [5.41, 5.74) is 1.84. The summed E-state index contributed by atoms with van der Waals surface area (Å²) in [5, 5.41) is 0. The van der Waals surface area contributed by atoms with E-state index >= 15 is 0 Å². The Morgan fingerprint density at radius 2 is 1.73 bits per heavy atom. The zero-order chi connectivity index (χ0) is 15.2. The molecule has 1 unspecified atom stereocenters.